The molecule has 5 unspecified atom stereocenters. The maximum atomic E-state index is 12.6. The van der Waals surface area contributed by atoms with Crippen molar-refractivity contribution < 1.29 is 24.0 Å². The first-order valence-electron chi connectivity index (χ1n) is 8.21. The normalized spacial score (nSPS) is 27.0. The van der Waals surface area contributed by atoms with Crippen molar-refractivity contribution in [3.05, 3.63) is 0 Å². The molecule has 0 aromatic rings. The van der Waals surface area contributed by atoms with Gasteiger partial charge in [-0.05, 0) is 12.8 Å². The molecule has 0 spiro atoms. The van der Waals surface area contributed by atoms with Gasteiger partial charge in [-0.15, -0.1) is 0 Å². The molecule has 0 bridgehead atoms. The van der Waals surface area contributed by atoms with Gasteiger partial charge >= 0.3 is 0 Å². The molecule has 1 aliphatic rings. The Bertz CT molecular complexity index is 453. The van der Waals surface area contributed by atoms with Gasteiger partial charge in [0.15, 0.2) is 12.5 Å². The molecular weight excluding hydrogens is 298 g/mol. The van der Waals surface area contributed by atoms with Gasteiger partial charge in [-0.3, -0.25) is 14.4 Å². The predicted molar refractivity (Wildman–Crippen MR) is 85.8 cm³/mol. The number of amides is 2. The number of nitrogens with one attached hydrogen (secondary N) is 1. The lowest BCUT2D eigenvalue weighted by Gasteiger charge is -2.30. The molecule has 7 nitrogen and oxygen atoms in total. The molecule has 1 fully saturated rings. The van der Waals surface area contributed by atoms with Crippen molar-refractivity contribution in [1.82, 2.24) is 5.32 Å². The van der Waals surface area contributed by atoms with Crippen molar-refractivity contribution >= 4 is 18.1 Å². The number of quaternary nitrogens is 1. The van der Waals surface area contributed by atoms with Crippen LogP contribution < -0.4 is 11.1 Å². The highest BCUT2D eigenvalue weighted by Crippen LogP contribution is 2.38. The Labute approximate surface area is 137 Å². The van der Waals surface area contributed by atoms with Gasteiger partial charge in [0.05, 0.1) is 33.1 Å². The highest BCUT2D eigenvalue weighted by Gasteiger charge is 2.49. The SMILES string of the molecule is CCC1C[N+](C)(C)CC1C(C(=O)NC(O)C=O)C(CC)C(N)=O. The number of aliphatic hydroxyl groups excluding tert-OH is 1. The lowest BCUT2D eigenvalue weighted by Crippen LogP contribution is -2.49. The second kappa shape index (κ2) is 7.88. The number of primary amides is 1. The summed E-state index contributed by atoms with van der Waals surface area (Å²) in [4.78, 5) is 35.1. The number of nitrogens with zero attached hydrogens (tertiary/aromatic N) is 1. The Morgan fingerprint density at radius 1 is 1.35 bits per heavy atom. The van der Waals surface area contributed by atoms with E-state index in [-0.39, 0.29) is 12.2 Å². The fraction of sp³-hybridized carbons (Fsp3) is 0.812. The second-order valence-corrected chi connectivity index (χ2v) is 7.17. The Morgan fingerprint density at radius 2 is 1.96 bits per heavy atom. The molecular formula is C16H30N3O4+. The molecule has 5 atom stereocenters. The monoisotopic (exact) mass is 328 g/mol. The van der Waals surface area contributed by atoms with Crippen molar-refractivity contribution in [3.8, 4) is 0 Å². The van der Waals surface area contributed by atoms with Crippen LogP contribution in [0.5, 0.6) is 0 Å². The minimum Gasteiger partial charge on any atom is -0.369 e. The minimum atomic E-state index is -1.56. The summed E-state index contributed by atoms with van der Waals surface area (Å²) in [5, 5.41) is 11.7. The molecule has 2 amide bonds. The van der Waals surface area contributed by atoms with Gasteiger partial charge in [0.1, 0.15) is 0 Å². The number of aldehydes is 1. The molecule has 0 aromatic carbocycles. The molecule has 1 saturated heterocycles. The summed E-state index contributed by atoms with van der Waals surface area (Å²) in [7, 11) is 4.20. The number of hydrogen-bond donors (Lipinski definition) is 3. The summed E-state index contributed by atoms with van der Waals surface area (Å²) < 4.78 is 0.776. The van der Waals surface area contributed by atoms with E-state index in [1.807, 2.05) is 6.92 Å². The van der Waals surface area contributed by atoms with E-state index in [2.05, 4.69) is 26.3 Å². The Balaban J connectivity index is 3.14. The molecule has 0 saturated carbocycles. The lowest BCUT2D eigenvalue weighted by atomic mass is 9.73. The van der Waals surface area contributed by atoms with E-state index >= 15 is 0 Å². The van der Waals surface area contributed by atoms with Crippen LogP contribution in [0.3, 0.4) is 0 Å². The van der Waals surface area contributed by atoms with E-state index in [0.717, 1.165) is 24.0 Å². The third kappa shape index (κ3) is 4.75. The molecule has 132 valence electrons. The van der Waals surface area contributed by atoms with Gasteiger partial charge in [0.25, 0.3) is 0 Å². The number of rotatable bonds is 8. The van der Waals surface area contributed by atoms with Crippen molar-refractivity contribution in [2.75, 3.05) is 27.2 Å². The van der Waals surface area contributed by atoms with Gasteiger partial charge in [-0.1, -0.05) is 13.8 Å². The third-order valence-electron chi connectivity index (χ3n) is 4.99. The Kier molecular flexibility index (Phi) is 6.70. The van der Waals surface area contributed by atoms with Gasteiger partial charge in [0.2, 0.25) is 11.8 Å². The largest absolute Gasteiger partial charge is 0.369 e. The predicted octanol–water partition coefficient (Wildman–Crippen LogP) is -0.520. The molecule has 1 aliphatic heterocycles. The van der Waals surface area contributed by atoms with Crippen LogP contribution >= 0.6 is 0 Å². The van der Waals surface area contributed by atoms with Crippen LogP contribution in [0.1, 0.15) is 26.7 Å². The second-order valence-electron chi connectivity index (χ2n) is 7.17. The summed E-state index contributed by atoms with van der Waals surface area (Å²) >= 11 is 0. The maximum absolute atomic E-state index is 12.6. The van der Waals surface area contributed by atoms with Gasteiger partial charge < -0.3 is 20.6 Å². The standard InChI is InChI=1S/C16H29N3O4/c1-5-10-7-19(3,4)8-12(10)14(11(6-2)15(17)22)16(23)18-13(21)9-20/h9-14,21H,5-8H2,1-4H3,(H2-,17,18,22,23)/p+1. The number of carbonyl (C=O) groups is 3. The highest BCUT2D eigenvalue weighted by atomic mass is 16.3. The number of nitrogens with two attached hydrogens (primary N) is 1. The van der Waals surface area contributed by atoms with Gasteiger partial charge in [-0.25, -0.2) is 0 Å². The van der Waals surface area contributed by atoms with Crippen LogP contribution in [0.4, 0.5) is 0 Å². The van der Waals surface area contributed by atoms with Crippen LogP contribution in [0.15, 0.2) is 0 Å². The maximum Gasteiger partial charge on any atom is 0.226 e. The van der Waals surface area contributed by atoms with E-state index in [0.29, 0.717) is 12.3 Å². The molecule has 1 rings (SSSR count). The smallest absolute Gasteiger partial charge is 0.226 e. The highest BCUT2D eigenvalue weighted by molar-refractivity contribution is 5.88. The van der Waals surface area contributed by atoms with Crippen LogP contribution in [-0.2, 0) is 14.4 Å². The van der Waals surface area contributed by atoms with Gasteiger partial charge in [0, 0.05) is 17.8 Å². The number of hydrogen-bond acceptors (Lipinski definition) is 4. The number of carbonyl (C=O) groups excluding carboxylic acids is 3. The lowest BCUT2D eigenvalue weighted by molar-refractivity contribution is -0.880. The Morgan fingerprint density at radius 3 is 2.39 bits per heavy atom. The summed E-state index contributed by atoms with van der Waals surface area (Å²) in [5.74, 6) is -1.93. The molecule has 4 N–H and O–H groups in total. The van der Waals surface area contributed by atoms with E-state index in [4.69, 9.17) is 5.73 Å². The molecule has 0 aromatic heterocycles. The van der Waals surface area contributed by atoms with Crippen LogP contribution in [0.25, 0.3) is 0 Å². The van der Waals surface area contributed by atoms with Crippen molar-refractivity contribution in [2.45, 2.75) is 32.9 Å². The van der Waals surface area contributed by atoms with E-state index in [9.17, 15) is 19.5 Å². The quantitative estimate of drug-likeness (QED) is 0.316. The van der Waals surface area contributed by atoms with Crippen molar-refractivity contribution in [1.29, 1.82) is 0 Å². The van der Waals surface area contributed by atoms with E-state index in [1.165, 1.54) is 0 Å². The third-order valence-corrected chi connectivity index (χ3v) is 4.99. The average Bonchev–Trinajstić information content (AvgIpc) is 2.78. The number of aliphatic hydroxyl groups is 1. The van der Waals surface area contributed by atoms with E-state index in [1.54, 1.807) is 0 Å². The van der Waals surface area contributed by atoms with Crippen LogP contribution in [-0.4, -0.2) is 61.1 Å². The first kappa shape index (κ1) is 19.6. The fourth-order valence-corrected chi connectivity index (χ4v) is 3.99. The summed E-state index contributed by atoms with van der Waals surface area (Å²) in [5.41, 5.74) is 5.52. The molecule has 1 heterocycles. The first-order chi connectivity index (χ1) is 10.7. The zero-order valence-corrected chi connectivity index (χ0v) is 14.5. The van der Waals surface area contributed by atoms with Crippen molar-refractivity contribution in [3.63, 3.8) is 0 Å². The fourth-order valence-electron chi connectivity index (χ4n) is 3.99. The minimum absolute atomic E-state index is 0.00805. The first-order valence-corrected chi connectivity index (χ1v) is 8.21. The molecule has 0 radical (unpaired) electrons. The molecule has 7 heteroatoms. The summed E-state index contributed by atoms with van der Waals surface area (Å²) in [6.45, 7) is 5.58. The van der Waals surface area contributed by atoms with E-state index < -0.39 is 29.9 Å². The average molecular weight is 328 g/mol. The van der Waals surface area contributed by atoms with Crippen LogP contribution in [0.2, 0.25) is 0 Å². The zero-order chi connectivity index (χ0) is 17.8. The topological polar surface area (TPSA) is 109 Å². The van der Waals surface area contributed by atoms with Crippen molar-refractivity contribution in [2.24, 2.45) is 29.4 Å². The summed E-state index contributed by atoms with van der Waals surface area (Å²) in [6.07, 6.45) is 0.0536. The van der Waals surface area contributed by atoms with Crippen LogP contribution in [0, 0.1) is 23.7 Å². The molecule has 23 heavy (non-hydrogen) atoms. The molecule has 0 aliphatic carbocycles. The Hall–Kier alpha value is -1.47. The van der Waals surface area contributed by atoms with Gasteiger partial charge in [-0.2, -0.15) is 0 Å². The number of likely N-dealkylation sites (tertiary alicyclic amines) is 1. The zero-order valence-electron chi connectivity index (χ0n) is 14.5. The summed E-state index contributed by atoms with van der Waals surface area (Å²) in [6, 6.07) is 0.